The van der Waals surface area contributed by atoms with Gasteiger partial charge >= 0.3 is 0 Å². The number of piperazine rings is 1. The van der Waals surface area contributed by atoms with Gasteiger partial charge in [0.1, 0.15) is 0 Å². The van der Waals surface area contributed by atoms with Crippen molar-refractivity contribution in [2.24, 2.45) is 5.41 Å². The van der Waals surface area contributed by atoms with E-state index in [0.717, 1.165) is 19.6 Å². The Kier molecular flexibility index (Phi) is 7.20. The molecule has 0 aliphatic carbocycles. The van der Waals surface area contributed by atoms with E-state index in [9.17, 15) is 13.2 Å². The van der Waals surface area contributed by atoms with Gasteiger partial charge in [-0.3, -0.25) is 9.69 Å². The molecular weight excluding hydrogens is 350 g/mol. The number of hydrogen-bond acceptors (Lipinski definition) is 4. The van der Waals surface area contributed by atoms with Gasteiger partial charge in [-0.05, 0) is 11.0 Å². The number of hydrogen-bond donors (Lipinski definition) is 1. The minimum Gasteiger partial charge on any atom is -0.355 e. The number of nitrogens with one attached hydrogen (secondary N) is 1. The zero-order valence-electron chi connectivity index (χ0n) is 16.1. The van der Waals surface area contributed by atoms with E-state index in [-0.39, 0.29) is 23.6 Å². The Bertz CT molecular complexity index is 676. The maximum absolute atomic E-state index is 12.5. The van der Waals surface area contributed by atoms with Crippen molar-refractivity contribution in [2.75, 3.05) is 38.5 Å². The molecule has 0 spiro atoms. The van der Waals surface area contributed by atoms with Crippen LogP contribution in [0.15, 0.2) is 30.3 Å². The van der Waals surface area contributed by atoms with E-state index < -0.39 is 10.0 Å². The normalized spacial score (nSPS) is 17.2. The molecule has 6 nitrogen and oxygen atoms in total. The highest BCUT2D eigenvalue weighted by molar-refractivity contribution is 7.89. The van der Waals surface area contributed by atoms with E-state index in [2.05, 4.69) is 22.3 Å². The fraction of sp³-hybridized carbons (Fsp3) is 0.632. The predicted octanol–water partition coefficient (Wildman–Crippen LogP) is 1.69. The van der Waals surface area contributed by atoms with Gasteiger partial charge in [-0.25, -0.2) is 8.42 Å². The molecular formula is C19H31N3O3S. The minimum atomic E-state index is -3.33. The predicted molar refractivity (Wildman–Crippen MR) is 104 cm³/mol. The Morgan fingerprint density at radius 3 is 2.27 bits per heavy atom. The van der Waals surface area contributed by atoms with E-state index >= 15 is 0 Å². The minimum absolute atomic E-state index is 0.0401. The third-order valence-electron chi connectivity index (χ3n) is 4.35. The Hall–Kier alpha value is -1.44. The van der Waals surface area contributed by atoms with E-state index in [4.69, 9.17) is 0 Å². The molecule has 1 N–H and O–H groups in total. The molecule has 0 radical (unpaired) electrons. The van der Waals surface area contributed by atoms with Gasteiger partial charge < -0.3 is 5.32 Å². The molecule has 1 aromatic rings. The molecule has 0 unspecified atom stereocenters. The smallest absolute Gasteiger partial charge is 0.220 e. The number of amides is 1. The maximum atomic E-state index is 12.5. The summed E-state index contributed by atoms with van der Waals surface area (Å²) in [5.74, 6) is -0.137. The molecule has 0 aromatic heterocycles. The molecule has 1 aliphatic rings. The lowest BCUT2D eigenvalue weighted by molar-refractivity contribution is -0.122. The van der Waals surface area contributed by atoms with Gasteiger partial charge in [0.05, 0.1) is 5.75 Å². The van der Waals surface area contributed by atoms with Crippen LogP contribution in [0.25, 0.3) is 0 Å². The van der Waals surface area contributed by atoms with Crippen LogP contribution in [0.3, 0.4) is 0 Å². The van der Waals surface area contributed by atoms with Crippen molar-refractivity contribution in [2.45, 2.75) is 33.7 Å². The molecule has 1 saturated heterocycles. The maximum Gasteiger partial charge on any atom is 0.220 e. The average Bonchev–Trinajstić information content (AvgIpc) is 2.54. The Morgan fingerprint density at radius 2 is 1.69 bits per heavy atom. The summed E-state index contributed by atoms with van der Waals surface area (Å²) < 4.78 is 26.5. The van der Waals surface area contributed by atoms with E-state index in [0.29, 0.717) is 19.5 Å². The summed E-state index contributed by atoms with van der Waals surface area (Å²) in [5, 5.41) is 2.72. The lowest BCUT2D eigenvalue weighted by Gasteiger charge is -2.34. The first-order chi connectivity index (χ1) is 12.2. The number of rotatable bonds is 7. The number of nitrogens with zero attached hydrogens (tertiary/aromatic N) is 2. The fourth-order valence-electron chi connectivity index (χ4n) is 3.00. The van der Waals surface area contributed by atoms with Crippen LogP contribution >= 0.6 is 0 Å². The molecule has 0 atom stereocenters. The van der Waals surface area contributed by atoms with Crippen molar-refractivity contribution in [3.05, 3.63) is 35.9 Å². The van der Waals surface area contributed by atoms with Crippen molar-refractivity contribution >= 4 is 15.9 Å². The highest BCUT2D eigenvalue weighted by Crippen LogP contribution is 2.17. The summed E-state index contributed by atoms with van der Waals surface area (Å²) in [6, 6.07) is 10.2. The van der Waals surface area contributed by atoms with Gasteiger partial charge in [0.2, 0.25) is 15.9 Å². The molecule has 2 rings (SSSR count). The first kappa shape index (κ1) is 20.9. The zero-order valence-corrected chi connectivity index (χ0v) is 16.9. The molecule has 146 valence electrons. The number of benzene rings is 1. The molecule has 26 heavy (non-hydrogen) atoms. The van der Waals surface area contributed by atoms with Gasteiger partial charge in [0, 0.05) is 45.7 Å². The molecule has 1 heterocycles. The molecule has 1 amide bonds. The zero-order chi connectivity index (χ0) is 19.2. The SMILES string of the molecule is CC(C)(C)CC(=O)NCCS(=O)(=O)N1CCN(Cc2ccccc2)CC1. The third kappa shape index (κ3) is 7.05. The van der Waals surface area contributed by atoms with Gasteiger partial charge in [-0.15, -0.1) is 0 Å². The third-order valence-corrected chi connectivity index (χ3v) is 6.22. The van der Waals surface area contributed by atoms with E-state index in [1.165, 1.54) is 5.56 Å². The van der Waals surface area contributed by atoms with Crippen LogP contribution < -0.4 is 5.32 Å². The van der Waals surface area contributed by atoms with Gasteiger partial charge in [0.25, 0.3) is 0 Å². The monoisotopic (exact) mass is 381 g/mol. The number of sulfonamides is 1. The van der Waals surface area contributed by atoms with Crippen LogP contribution in [0.4, 0.5) is 0 Å². The van der Waals surface area contributed by atoms with E-state index in [1.54, 1.807) is 4.31 Å². The summed E-state index contributed by atoms with van der Waals surface area (Å²) in [4.78, 5) is 14.1. The van der Waals surface area contributed by atoms with Crippen LogP contribution in [0.2, 0.25) is 0 Å². The summed E-state index contributed by atoms with van der Waals surface area (Å²) in [6.07, 6.45) is 0.394. The van der Waals surface area contributed by atoms with Gasteiger partial charge in [0.15, 0.2) is 0 Å². The molecule has 1 aliphatic heterocycles. The topological polar surface area (TPSA) is 69.7 Å². The summed E-state index contributed by atoms with van der Waals surface area (Å²) >= 11 is 0. The highest BCUT2D eigenvalue weighted by Gasteiger charge is 2.27. The van der Waals surface area contributed by atoms with Gasteiger partial charge in [-0.2, -0.15) is 4.31 Å². The fourth-order valence-corrected chi connectivity index (χ4v) is 4.34. The second kappa shape index (κ2) is 8.97. The van der Waals surface area contributed by atoms with Crippen LogP contribution in [0, 0.1) is 5.41 Å². The Morgan fingerprint density at radius 1 is 1.08 bits per heavy atom. The average molecular weight is 382 g/mol. The van der Waals surface area contributed by atoms with Crippen molar-refractivity contribution in [1.29, 1.82) is 0 Å². The van der Waals surface area contributed by atoms with Gasteiger partial charge in [-0.1, -0.05) is 51.1 Å². The second-order valence-electron chi connectivity index (χ2n) is 8.06. The molecule has 0 bridgehead atoms. The van der Waals surface area contributed by atoms with E-state index in [1.807, 2.05) is 39.0 Å². The number of carbonyl (C=O) groups is 1. The molecule has 1 fully saturated rings. The summed E-state index contributed by atoms with van der Waals surface area (Å²) in [6.45, 7) is 9.43. The first-order valence-corrected chi connectivity index (χ1v) is 10.8. The van der Waals surface area contributed by atoms with Crippen LogP contribution in [-0.4, -0.2) is 62.0 Å². The molecule has 7 heteroatoms. The van der Waals surface area contributed by atoms with Crippen molar-refractivity contribution in [1.82, 2.24) is 14.5 Å². The standard InChI is InChI=1S/C19H31N3O3S/c1-19(2,3)15-18(23)20-9-14-26(24,25)22-12-10-21(11-13-22)16-17-7-5-4-6-8-17/h4-8H,9-16H2,1-3H3,(H,20,23). The Labute approximate surface area is 157 Å². The summed E-state index contributed by atoms with van der Waals surface area (Å²) in [7, 11) is -3.33. The quantitative estimate of drug-likeness (QED) is 0.780. The molecule has 1 aromatic carbocycles. The van der Waals surface area contributed by atoms with Crippen LogP contribution in [-0.2, 0) is 21.4 Å². The summed E-state index contributed by atoms with van der Waals surface area (Å²) in [5.41, 5.74) is 1.14. The van der Waals surface area contributed by atoms with Crippen LogP contribution in [0.5, 0.6) is 0 Å². The lowest BCUT2D eigenvalue weighted by Crippen LogP contribution is -2.49. The largest absolute Gasteiger partial charge is 0.355 e. The van der Waals surface area contributed by atoms with Crippen LogP contribution in [0.1, 0.15) is 32.8 Å². The Balaban J connectivity index is 1.74. The van der Waals surface area contributed by atoms with Crippen molar-refractivity contribution in [3.8, 4) is 0 Å². The van der Waals surface area contributed by atoms with Crippen molar-refractivity contribution < 1.29 is 13.2 Å². The highest BCUT2D eigenvalue weighted by atomic mass is 32.2. The first-order valence-electron chi connectivity index (χ1n) is 9.16. The van der Waals surface area contributed by atoms with Crippen molar-refractivity contribution in [3.63, 3.8) is 0 Å². The number of carbonyl (C=O) groups excluding carboxylic acids is 1. The second-order valence-corrected chi connectivity index (χ2v) is 10.2. The molecule has 0 saturated carbocycles. The lowest BCUT2D eigenvalue weighted by atomic mass is 9.92.